The number of rotatable bonds is 6. The third-order valence-electron chi connectivity index (χ3n) is 6.30. The van der Waals surface area contributed by atoms with Crippen molar-refractivity contribution in [3.05, 3.63) is 145 Å². The van der Waals surface area contributed by atoms with Gasteiger partial charge in [-0.2, -0.15) is 0 Å². The number of carbonyl (C=O) groups excluding carboxylic acids is 2. The van der Waals surface area contributed by atoms with Gasteiger partial charge in [0, 0.05) is 12.2 Å². The number of hydrogen-bond acceptors (Lipinski definition) is 4. The maximum absolute atomic E-state index is 11.7. The van der Waals surface area contributed by atoms with Crippen LogP contribution in [0.5, 0.6) is 11.5 Å². The Morgan fingerprint density at radius 2 is 0.944 bits per heavy atom. The number of ether oxygens (including phenoxy) is 2. The number of fused-ring (bicyclic) bond motifs is 3. The van der Waals surface area contributed by atoms with Crippen molar-refractivity contribution in [2.45, 2.75) is 12.8 Å². The predicted molar refractivity (Wildman–Crippen MR) is 142 cm³/mol. The molecule has 1 aliphatic rings. The molecule has 0 aliphatic heterocycles. The third kappa shape index (κ3) is 3.93. The first kappa shape index (κ1) is 24.4. The summed E-state index contributed by atoms with van der Waals surface area (Å²) in [7, 11) is 0. The van der Waals surface area contributed by atoms with E-state index in [1.165, 1.54) is 0 Å². The zero-order valence-corrected chi connectivity index (χ0v) is 18.9. The van der Waals surface area contributed by atoms with Gasteiger partial charge >= 0.3 is 11.9 Å². The summed E-state index contributed by atoms with van der Waals surface area (Å²) in [5.74, 6) is -0.123. The van der Waals surface area contributed by atoms with Crippen LogP contribution in [0.1, 0.15) is 29.7 Å². The molecule has 0 bridgehead atoms. The van der Waals surface area contributed by atoms with Crippen molar-refractivity contribution in [2.24, 2.45) is 0 Å². The van der Waals surface area contributed by atoms with Crippen LogP contribution in [0, 0.1) is 0 Å². The number of hydrogen-bond donors (Lipinski definition) is 0. The maximum atomic E-state index is 11.7. The lowest BCUT2D eigenvalue weighted by molar-refractivity contribution is -0.129. The molecule has 0 spiro atoms. The van der Waals surface area contributed by atoms with E-state index in [9.17, 15) is 9.59 Å². The minimum Gasteiger partial charge on any atom is -0.423 e. The van der Waals surface area contributed by atoms with E-state index in [1.807, 2.05) is 48.5 Å². The van der Waals surface area contributed by atoms with Crippen molar-refractivity contribution in [2.75, 3.05) is 0 Å². The van der Waals surface area contributed by atoms with Crippen LogP contribution in [-0.2, 0) is 15.0 Å². The molecule has 0 saturated heterocycles. The molecule has 0 amide bonds. The van der Waals surface area contributed by atoms with E-state index in [2.05, 4.69) is 37.4 Å². The molecule has 0 fully saturated rings. The summed E-state index contributed by atoms with van der Waals surface area (Å²) in [4.78, 5) is 23.4. The van der Waals surface area contributed by atoms with Gasteiger partial charge in [-0.15, -0.1) is 0 Å². The Morgan fingerprint density at radius 1 is 0.583 bits per heavy atom. The summed E-state index contributed by atoms with van der Waals surface area (Å²) in [6, 6.07) is 31.8. The van der Waals surface area contributed by atoms with E-state index in [-0.39, 0.29) is 7.43 Å². The second-order valence-electron chi connectivity index (χ2n) is 8.14. The van der Waals surface area contributed by atoms with Crippen molar-refractivity contribution in [1.82, 2.24) is 0 Å². The molecule has 5 rings (SSSR count). The van der Waals surface area contributed by atoms with Crippen molar-refractivity contribution >= 4 is 11.9 Å². The summed E-state index contributed by atoms with van der Waals surface area (Å²) in [5.41, 5.74) is 6.03. The molecular formula is C32H26O4. The van der Waals surface area contributed by atoms with Crippen LogP contribution in [-0.4, -0.2) is 11.9 Å². The standard InChI is InChI=1S/C31H22O4.CH4/c1-3-29(32)34-23-17-13-21(14-18-23)31(22-15-19-24(20-16-22)35-30(33)4-2)27-11-7-5-9-25(27)26-10-6-8-12-28(26)31;/h3-20H,1-2H2;1H4. The zero-order valence-electron chi connectivity index (χ0n) is 18.9. The fourth-order valence-electron chi connectivity index (χ4n) is 4.89. The van der Waals surface area contributed by atoms with Crippen LogP contribution in [0.3, 0.4) is 0 Å². The molecule has 0 heterocycles. The lowest BCUT2D eigenvalue weighted by atomic mass is 9.68. The Balaban J connectivity index is 0.00000304. The van der Waals surface area contributed by atoms with Crippen LogP contribution in [0.4, 0.5) is 0 Å². The van der Waals surface area contributed by atoms with Crippen LogP contribution < -0.4 is 9.47 Å². The van der Waals surface area contributed by atoms with Gasteiger partial charge in [0.15, 0.2) is 0 Å². The number of esters is 2. The molecule has 0 atom stereocenters. The Morgan fingerprint density at radius 3 is 1.31 bits per heavy atom. The summed E-state index contributed by atoms with van der Waals surface area (Å²) in [5, 5.41) is 0. The molecule has 1 aliphatic carbocycles. The Kier molecular flexibility index (Phi) is 6.71. The third-order valence-corrected chi connectivity index (χ3v) is 6.30. The van der Waals surface area contributed by atoms with Crippen LogP contribution in [0.15, 0.2) is 122 Å². The summed E-state index contributed by atoms with van der Waals surface area (Å²) in [6.45, 7) is 6.91. The molecule has 4 heteroatoms. The Hall–Kier alpha value is -4.70. The molecule has 4 nitrogen and oxygen atoms in total. The molecule has 0 radical (unpaired) electrons. The maximum Gasteiger partial charge on any atom is 0.335 e. The summed E-state index contributed by atoms with van der Waals surface area (Å²) >= 11 is 0. The van der Waals surface area contributed by atoms with Gasteiger partial charge in [-0.3, -0.25) is 0 Å². The van der Waals surface area contributed by atoms with Gasteiger partial charge in [0.1, 0.15) is 11.5 Å². The molecule has 4 aromatic rings. The van der Waals surface area contributed by atoms with E-state index < -0.39 is 17.4 Å². The second-order valence-corrected chi connectivity index (χ2v) is 8.14. The van der Waals surface area contributed by atoms with Crippen molar-refractivity contribution in [3.63, 3.8) is 0 Å². The largest absolute Gasteiger partial charge is 0.423 e. The van der Waals surface area contributed by atoms with Crippen LogP contribution in [0.2, 0.25) is 0 Å². The van der Waals surface area contributed by atoms with Crippen LogP contribution >= 0.6 is 0 Å². The quantitative estimate of drug-likeness (QED) is 0.153. The van der Waals surface area contributed by atoms with Gasteiger partial charge in [-0.25, -0.2) is 9.59 Å². The molecule has 0 N–H and O–H groups in total. The lowest BCUT2D eigenvalue weighted by Gasteiger charge is -2.34. The van der Waals surface area contributed by atoms with Gasteiger partial charge in [-0.05, 0) is 57.6 Å². The fourth-order valence-corrected chi connectivity index (χ4v) is 4.89. The van der Waals surface area contributed by atoms with E-state index in [0.29, 0.717) is 11.5 Å². The first-order valence-corrected chi connectivity index (χ1v) is 11.2. The van der Waals surface area contributed by atoms with E-state index in [4.69, 9.17) is 9.47 Å². The first-order valence-electron chi connectivity index (χ1n) is 11.2. The Labute approximate surface area is 211 Å². The predicted octanol–water partition coefficient (Wildman–Crippen LogP) is 6.87. The number of benzene rings is 4. The fraction of sp³-hybridized carbons (Fsp3) is 0.0625. The molecule has 0 unspecified atom stereocenters. The lowest BCUT2D eigenvalue weighted by Crippen LogP contribution is -2.28. The zero-order chi connectivity index (χ0) is 24.4. The highest BCUT2D eigenvalue weighted by molar-refractivity contribution is 5.87. The van der Waals surface area contributed by atoms with Gasteiger partial charge in [0.05, 0.1) is 5.41 Å². The van der Waals surface area contributed by atoms with Crippen LogP contribution in [0.25, 0.3) is 11.1 Å². The van der Waals surface area contributed by atoms with E-state index in [1.54, 1.807) is 24.3 Å². The molecule has 0 saturated carbocycles. The molecular weight excluding hydrogens is 448 g/mol. The molecule has 0 aromatic heterocycles. The first-order chi connectivity index (χ1) is 17.1. The highest BCUT2D eigenvalue weighted by atomic mass is 16.5. The average Bonchev–Trinajstić information content (AvgIpc) is 3.21. The highest BCUT2D eigenvalue weighted by Crippen LogP contribution is 2.56. The minimum atomic E-state index is -0.616. The average molecular weight is 475 g/mol. The summed E-state index contributed by atoms with van der Waals surface area (Å²) < 4.78 is 10.6. The Bertz CT molecular complexity index is 1330. The van der Waals surface area contributed by atoms with E-state index >= 15 is 0 Å². The van der Waals surface area contributed by atoms with Gasteiger partial charge < -0.3 is 9.47 Å². The van der Waals surface area contributed by atoms with Gasteiger partial charge in [-0.1, -0.05) is 93.4 Å². The van der Waals surface area contributed by atoms with Gasteiger partial charge in [0.2, 0.25) is 0 Å². The smallest absolute Gasteiger partial charge is 0.335 e. The van der Waals surface area contributed by atoms with E-state index in [0.717, 1.165) is 45.5 Å². The van der Waals surface area contributed by atoms with Crippen molar-refractivity contribution in [3.8, 4) is 22.6 Å². The monoisotopic (exact) mass is 474 g/mol. The topological polar surface area (TPSA) is 52.6 Å². The SMILES string of the molecule is C.C=CC(=O)Oc1ccc(C2(c3ccc(OC(=O)C=C)cc3)c3ccccc3-c3ccccc32)cc1. The van der Waals surface area contributed by atoms with Gasteiger partial charge in [0.25, 0.3) is 0 Å². The van der Waals surface area contributed by atoms with Crippen molar-refractivity contribution < 1.29 is 19.1 Å². The normalized spacial score (nSPS) is 12.3. The molecule has 178 valence electrons. The minimum absolute atomic E-state index is 0. The second kappa shape index (κ2) is 9.88. The highest BCUT2D eigenvalue weighted by Gasteiger charge is 2.45. The summed E-state index contributed by atoms with van der Waals surface area (Å²) in [6.07, 6.45) is 2.28. The number of carbonyl (C=O) groups is 2. The molecule has 4 aromatic carbocycles. The van der Waals surface area contributed by atoms with Crippen molar-refractivity contribution in [1.29, 1.82) is 0 Å². The molecule has 36 heavy (non-hydrogen) atoms.